The lowest BCUT2D eigenvalue weighted by atomic mass is 9.93. The second kappa shape index (κ2) is 9.98. The summed E-state index contributed by atoms with van der Waals surface area (Å²) in [5.41, 5.74) is 1.34. The number of H-pyrrole nitrogens is 1. The summed E-state index contributed by atoms with van der Waals surface area (Å²) in [7, 11) is 0. The predicted molar refractivity (Wildman–Crippen MR) is 112 cm³/mol. The lowest BCUT2D eigenvalue weighted by Crippen LogP contribution is -2.50. The molecular formula is C22H32N6O. The van der Waals surface area contributed by atoms with Gasteiger partial charge in [0, 0.05) is 56.9 Å². The molecule has 4 rings (SSSR count). The zero-order chi connectivity index (χ0) is 19.9. The molecule has 2 aromatic heterocycles. The van der Waals surface area contributed by atoms with Gasteiger partial charge in [0.1, 0.15) is 5.82 Å². The number of imidazole rings is 1. The van der Waals surface area contributed by atoms with E-state index in [0.29, 0.717) is 12.6 Å². The number of carbonyl (C=O) groups is 1. The van der Waals surface area contributed by atoms with Crippen LogP contribution in [0.15, 0.2) is 36.9 Å². The highest BCUT2D eigenvalue weighted by Gasteiger charge is 2.31. The Balaban J connectivity index is 1.20. The monoisotopic (exact) mass is 396 g/mol. The zero-order valence-corrected chi connectivity index (χ0v) is 17.1. The molecule has 156 valence electrons. The van der Waals surface area contributed by atoms with Crippen molar-refractivity contribution in [3.05, 3.63) is 48.3 Å². The van der Waals surface area contributed by atoms with Crippen molar-refractivity contribution < 1.29 is 4.79 Å². The average Bonchev–Trinajstić information content (AvgIpc) is 3.29. The lowest BCUT2D eigenvalue weighted by molar-refractivity contribution is -0.127. The number of hydrogen-bond acceptors (Lipinski definition) is 5. The molecule has 0 radical (unpaired) electrons. The Morgan fingerprint density at radius 3 is 2.72 bits per heavy atom. The highest BCUT2D eigenvalue weighted by molar-refractivity contribution is 5.78. The van der Waals surface area contributed by atoms with Gasteiger partial charge in [0.05, 0.1) is 5.92 Å². The fourth-order valence-corrected chi connectivity index (χ4v) is 4.62. The number of pyridine rings is 1. The van der Waals surface area contributed by atoms with Gasteiger partial charge in [-0.1, -0.05) is 0 Å². The SMILES string of the molecule is O=C(NCCc1ncc[nH]1)[C@H]1CCCN(C2CCN(Cc3ccncc3)CC2)C1. The Labute approximate surface area is 172 Å². The molecule has 2 N–H and O–H groups in total. The summed E-state index contributed by atoms with van der Waals surface area (Å²) in [6.07, 6.45) is 12.6. The van der Waals surface area contributed by atoms with Crippen LogP contribution in [0.4, 0.5) is 0 Å². The summed E-state index contributed by atoms with van der Waals surface area (Å²) >= 11 is 0. The summed E-state index contributed by atoms with van der Waals surface area (Å²) in [6, 6.07) is 4.82. The number of piperidine rings is 2. The van der Waals surface area contributed by atoms with Gasteiger partial charge >= 0.3 is 0 Å². The van der Waals surface area contributed by atoms with Gasteiger partial charge in [-0.3, -0.25) is 19.6 Å². The standard InChI is InChI=1S/C22H32N6O/c29-22(26-10-5-21-24-11-12-25-21)19-2-1-13-28(17-19)20-6-14-27(15-7-20)16-18-3-8-23-9-4-18/h3-4,8-9,11-12,19-20H,1-2,5-7,10,13-17H2,(H,24,25)(H,26,29)/t19-/m0/s1. The van der Waals surface area contributed by atoms with E-state index >= 15 is 0 Å². The van der Waals surface area contributed by atoms with E-state index in [9.17, 15) is 4.79 Å². The Bertz CT molecular complexity index is 742. The first-order valence-electron chi connectivity index (χ1n) is 10.9. The van der Waals surface area contributed by atoms with Crippen LogP contribution in [0.3, 0.4) is 0 Å². The van der Waals surface area contributed by atoms with Gasteiger partial charge in [-0.15, -0.1) is 0 Å². The van der Waals surface area contributed by atoms with Crippen LogP contribution in [-0.2, 0) is 17.8 Å². The van der Waals surface area contributed by atoms with Gasteiger partial charge < -0.3 is 10.3 Å². The van der Waals surface area contributed by atoms with E-state index in [1.807, 2.05) is 18.6 Å². The number of aromatic amines is 1. The van der Waals surface area contributed by atoms with Gasteiger partial charge in [0.2, 0.25) is 5.91 Å². The number of carbonyl (C=O) groups excluding carboxylic acids is 1. The molecule has 0 bridgehead atoms. The van der Waals surface area contributed by atoms with Crippen LogP contribution in [0, 0.1) is 5.92 Å². The number of rotatable bonds is 7. The summed E-state index contributed by atoms with van der Waals surface area (Å²) in [4.78, 5) is 29.1. The first-order valence-corrected chi connectivity index (χ1v) is 10.9. The van der Waals surface area contributed by atoms with Gasteiger partial charge in [-0.2, -0.15) is 0 Å². The molecule has 0 aliphatic carbocycles. The van der Waals surface area contributed by atoms with E-state index in [2.05, 4.69) is 42.2 Å². The normalized spacial score (nSPS) is 21.9. The topological polar surface area (TPSA) is 77.2 Å². The molecule has 0 spiro atoms. The molecule has 1 atom stereocenters. The number of nitrogens with zero attached hydrogens (tertiary/aromatic N) is 4. The van der Waals surface area contributed by atoms with Crippen LogP contribution in [0.5, 0.6) is 0 Å². The molecule has 4 heterocycles. The van der Waals surface area contributed by atoms with Crippen LogP contribution in [0.2, 0.25) is 0 Å². The Hall–Kier alpha value is -2.25. The molecule has 0 unspecified atom stereocenters. The lowest BCUT2D eigenvalue weighted by Gasteiger charge is -2.42. The van der Waals surface area contributed by atoms with Crippen LogP contribution in [0.25, 0.3) is 0 Å². The predicted octanol–water partition coefficient (Wildman–Crippen LogP) is 1.84. The summed E-state index contributed by atoms with van der Waals surface area (Å²) in [5.74, 6) is 1.25. The second-order valence-corrected chi connectivity index (χ2v) is 8.27. The van der Waals surface area contributed by atoms with E-state index < -0.39 is 0 Å². The molecule has 2 aliphatic heterocycles. The van der Waals surface area contributed by atoms with Crippen molar-refractivity contribution in [1.29, 1.82) is 0 Å². The summed E-state index contributed by atoms with van der Waals surface area (Å²) < 4.78 is 0. The van der Waals surface area contributed by atoms with Crippen LogP contribution < -0.4 is 5.32 Å². The molecule has 0 saturated carbocycles. The fraction of sp³-hybridized carbons (Fsp3) is 0.591. The van der Waals surface area contributed by atoms with E-state index in [-0.39, 0.29) is 11.8 Å². The molecule has 2 fully saturated rings. The Morgan fingerprint density at radius 1 is 1.14 bits per heavy atom. The Morgan fingerprint density at radius 2 is 1.97 bits per heavy atom. The highest BCUT2D eigenvalue weighted by Crippen LogP contribution is 2.24. The van der Waals surface area contributed by atoms with Gasteiger partial charge in [0.25, 0.3) is 0 Å². The number of amides is 1. The first kappa shape index (κ1) is 20.0. The van der Waals surface area contributed by atoms with Gasteiger partial charge in [0.15, 0.2) is 0 Å². The third-order valence-corrected chi connectivity index (χ3v) is 6.27. The summed E-state index contributed by atoms with van der Waals surface area (Å²) in [5, 5.41) is 3.11. The first-order chi connectivity index (χ1) is 14.3. The molecule has 1 amide bonds. The highest BCUT2D eigenvalue weighted by atomic mass is 16.1. The molecule has 2 aromatic rings. The van der Waals surface area contributed by atoms with E-state index in [4.69, 9.17) is 0 Å². The third kappa shape index (κ3) is 5.64. The maximum atomic E-state index is 12.6. The minimum absolute atomic E-state index is 0.121. The molecule has 0 aromatic carbocycles. The van der Waals surface area contributed by atoms with E-state index in [1.165, 1.54) is 18.4 Å². The number of hydrogen-bond donors (Lipinski definition) is 2. The molecule has 2 aliphatic rings. The van der Waals surface area contributed by atoms with Crippen LogP contribution >= 0.6 is 0 Å². The quantitative estimate of drug-likeness (QED) is 0.747. The maximum absolute atomic E-state index is 12.6. The van der Waals surface area contributed by atoms with Crippen molar-refractivity contribution in [3.8, 4) is 0 Å². The minimum atomic E-state index is 0.121. The van der Waals surface area contributed by atoms with Crippen molar-refractivity contribution in [3.63, 3.8) is 0 Å². The third-order valence-electron chi connectivity index (χ3n) is 6.27. The molecule has 7 heteroatoms. The zero-order valence-electron chi connectivity index (χ0n) is 17.1. The largest absolute Gasteiger partial charge is 0.355 e. The number of likely N-dealkylation sites (tertiary alicyclic amines) is 2. The Kier molecular flexibility index (Phi) is 6.90. The van der Waals surface area contributed by atoms with Crippen molar-refractivity contribution in [2.45, 2.75) is 44.7 Å². The van der Waals surface area contributed by atoms with Crippen molar-refractivity contribution in [1.82, 2.24) is 30.1 Å². The van der Waals surface area contributed by atoms with Crippen LogP contribution in [-0.4, -0.2) is 69.4 Å². The second-order valence-electron chi connectivity index (χ2n) is 8.27. The van der Waals surface area contributed by atoms with E-state index in [1.54, 1.807) is 6.20 Å². The molecule has 2 saturated heterocycles. The van der Waals surface area contributed by atoms with Crippen molar-refractivity contribution in [2.24, 2.45) is 5.92 Å². The smallest absolute Gasteiger partial charge is 0.224 e. The fourth-order valence-electron chi connectivity index (χ4n) is 4.62. The molecule has 29 heavy (non-hydrogen) atoms. The summed E-state index contributed by atoms with van der Waals surface area (Å²) in [6.45, 7) is 5.95. The van der Waals surface area contributed by atoms with Crippen molar-refractivity contribution >= 4 is 5.91 Å². The molecular weight excluding hydrogens is 364 g/mol. The number of aromatic nitrogens is 3. The number of nitrogens with one attached hydrogen (secondary N) is 2. The average molecular weight is 397 g/mol. The van der Waals surface area contributed by atoms with Gasteiger partial charge in [-0.05, 0) is 63.0 Å². The van der Waals surface area contributed by atoms with Crippen molar-refractivity contribution in [2.75, 3.05) is 32.7 Å². The van der Waals surface area contributed by atoms with Gasteiger partial charge in [-0.25, -0.2) is 4.98 Å². The van der Waals surface area contributed by atoms with E-state index in [0.717, 1.165) is 57.8 Å². The minimum Gasteiger partial charge on any atom is -0.355 e. The molecule has 7 nitrogen and oxygen atoms in total. The maximum Gasteiger partial charge on any atom is 0.224 e. The van der Waals surface area contributed by atoms with Crippen LogP contribution in [0.1, 0.15) is 37.1 Å².